The third kappa shape index (κ3) is 4.77. The van der Waals surface area contributed by atoms with E-state index in [9.17, 15) is 19.7 Å². The number of carbonyl (C=O) groups is 2. The summed E-state index contributed by atoms with van der Waals surface area (Å²) in [6.07, 6.45) is 4.36. The predicted octanol–water partition coefficient (Wildman–Crippen LogP) is 2.02. The highest BCUT2D eigenvalue weighted by atomic mass is 16.6. The topological polar surface area (TPSA) is 101 Å². The summed E-state index contributed by atoms with van der Waals surface area (Å²) in [7, 11) is 0. The van der Waals surface area contributed by atoms with Crippen LogP contribution in [0.2, 0.25) is 0 Å². The van der Waals surface area contributed by atoms with Crippen molar-refractivity contribution in [3.05, 3.63) is 39.9 Å². The van der Waals surface area contributed by atoms with Crippen LogP contribution in [0.25, 0.3) is 0 Å². The first-order valence-electron chi connectivity index (χ1n) is 7.79. The highest BCUT2D eigenvalue weighted by molar-refractivity contribution is 5.96. The predicted molar refractivity (Wildman–Crippen MR) is 85.0 cm³/mol. The number of nitro benzene ring substituents is 1. The Morgan fingerprint density at radius 3 is 2.74 bits per heavy atom. The van der Waals surface area contributed by atoms with Crippen molar-refractivity contribution in [1.82, 2.24) is 10.6 Å². The Kier molecular flexibility index (Phi) is 5.67. The molecule has 0 saturated heterocycles. The largest absolute Gasteiger partial charge is 0.352 e. The Balaban J connectivity index is 1.85. The SMILES string of the molecule is C[C@@H]1CCCC[C@@H]1NC(=O)CNC(=O)c1cccc([N+](=O)[O-])c1. The maximum Gasteiger partial charge on any atom is 0.270 e. The highest BCUT2D eigenvalue weighted by Crippen LogP contribution is 2.23. The van der Waals surface area contributed by atoms with Crippen molar-refractivity contribution in [2.75, 3.05) is 6.54 Å². The average Bonchev–Trinajstić information content (AvgIpc) is 2.55. The van der Waals surface area contributed by atoms with Gasteiger partial charge in [-0.3, -0.25) is 19.7 Å². The Hall–Kier alpha value is -2.44. The van der Waals surface area contributed by atoms with E-state index in [0.29, 0.717) is 5.92 Å². The van der Waals surface area contributed by atoms with E-state index in [2.05, 4.69) is 17.6 Å². The molecule has 7 heteroatoms. The van der Waals surface area contributed by atoms with Gasteiger partial charge in [0.15, 0.2) is 0 Å². The molecular weight excluding hydrogens is 298 g/mol. The summed E-state index contributed by atoms with van der Waals surface area (Å²) >= 11 is 0. The molecule has 0 heterocycles. The Bertz CT molecular complexity index is 603. The smallest absolute Gasteiger partial charge is 0.270 e. The number of rotatable bonds is 5. The molecule has 2 amide bonds. The number of nitro groups is 1. The second-order valence-corrected chi connectivity index (χ2v) is 5.93. The van der Waals surface area contributed by atoms with Gasteiger partial charge in [-0.25, -0.2) is 0 Å². The van der Waals surface area contributed by atoms with Gasteiger partial charge in [0.25, 0.3) is 11.6 Å². The number of nitrogens with zero attached hydrogens (tertiary/aromatic N) is 1. The van der Waals surface area contributed by atoms with Crippen LogP contribution >= 0.6 is 0 Å². The van der Waals surface area contributed by atoms with E-state index in [-0.39, 0.29) is 29.7 Å². The van der Waals surface area contributed by atoms with Crippen molar-refractivity contribution in [2.24, 2.45) is 5.92 Å². The molecule has 0 aromatic heterocycles. The monoisotopic (exact) mass is 319 g/mol. The van der Waals surface area contributed by atoms with E-state index < -0.39 is 10.8 Å². The Morgan fingerprint density at radius 2 is 2.04 bits per heavy atom. The summed E-state index contributed by atoms with van der Waals surface area (Å²) < 4.78 is 0. The standard InChI is InChI=1S/C16H21N3O4/c1-11-5-2-3-8-14(11)18-15(20)10-17-16(21)12-6-4-7-13(9-12)19(22)23/h4,6-7,9,11,14H,2-3,5,8,10H2,1H3,(H,17,21)(H,18,20)/t11-,14+/m1/s1. The van der Waals surface area contributed by atoms with Crippen LogP contribution in [0.1, 0.15) is 43.0 Å². The number of hydrogen-bond donors (Lipinski definition) is 2. The minimum Gasteiger partial charge on any atom is -0.352 e. The maximum atomic E-state index is 12.0. The molecule has 0 bridgehead atoms. The van der Waals surface area contributed by atoms with Crippen LogP contribution in [0.5, 0.6) is 0 Å². The molecule has 0 aliphatic heterocycles. The molecule has 1 aliphatic rings. The molecule has 0 spiro atoms. The van der Waals surface area contributed by atoms with Gasteiger partial charge < -0.3 is 10.6 Å². The lowest BCUT2D eigenvalue weighted by Gasteiger charge is -2.29. The number of benzene rings is 1. The number of non-ortho nitro benzene ring substituents is 1. The summed E-state index contributed by atoms with van der Waals surface area (Å²) in [5.74, 6) is -0.289. The van der Waals surface area contributed by atoms with Gasteiger partial charge >= 0.3 is 0 Å². The van der Waals surface area contributed by atoms with Gasteiger partial charge in [-0.2, -0.15) is 0 Å². The average molecular weight is 319 g/mol. The summed E-state index contributed by atoms with van der Waals surface area (Å²) in [6.45, 7) is 1.98. The number of nitrogens with one attached hydrogen (secondary N) is 2. The van der Waals surface area contributed by atoms with Crippen LogP contribution in [0, 0.1) is 16.0 Å². The second-order valence-electron chi connectivity index (χ2n) is 5.93. The quantitative estimate of drug-likeness (QED) is 0.640. The van der Waals surface area contributed by atoms with Gasteiger partial charge in [0.05, 0.1) is 11.5 Å². The fraction of sp³-hybridized carbons (Fsp3) is 0.500. The molecule has 0 radical (unpaired) electrons. The van der Waals surface area contributed by atoms with Crippen molar-refractivity contribution in [3.8, 4) is 0 Å². The van der Waals surface area contributed by atoms with E-state index in [1.165, 1.54) is 30.7 Å². The fourth-order valence-electron chi connectivity index (χ4n) is 2.81. The van der Waals surface area contributed by atoms with E-state index in [4.69, 9.17) is 0 Å². The van der Waals surface area contributed by atoms with Crippen LogP contribution in [0.4, 0.5) is 5.69 Å². The molecule has 124 valence electrons. The summed E-state index contributed by atoms with van der Waals surface area (Å²) in [4.78, 5) is 34.0. The van der Waals surface area contributed by atoms with Gasteiger partial charge in [0, 0.05) is 23.7 Å². The molecule has 0 unspecified atom stereocenters. The highest BCUT2D eigenvalue weighted by Gasteiger charge is 2.22. The zero-order valence-corrected chi connectivity index (χ0v) is 13.1. The lowest BCUT2D eigenvalue weighted by Crippen LogP contribution is -2.45. The molecule has 2 N–H and O–H groups in total. The minimum absolute atomic E-state index is 0.134. The van der Waals surface area contributed by atoms with E-state index >= 15 is 0 Å². The molecule has 2 atom stereocenters. The van der Waals surface area contributed by atoms with Gasteiger partial charge in [-0.15, -0.1) is 0 Å². The van der Waals surface area contributed by atoms with E-state index in [1.54, 1.807) is 0 Å². The van der Waals surface area contributed by atoms with Crippen LogP contribution in [-0.2, 0) is 4.79 Å². The molecule has 23 heavy (non-hydrogen) atoms. The molecule has 1 aromatic carbocycles. The fourth-order valence-corrected chi connectivity index (χ4v) is 2.81. The first-order valence-corrected chi connectivity index (χ1v) is 7.79. The molecule has 1 aliphatic carbocycles. The molecule has 2 rings (SSSR count). The van der Waals surface area contributed by atoms with Crippen molar-refractivity contribution >= 4 is 17.5 Å². The molecule has 7 nitrogen and oxygen atoms in total. The lowest BCUT2D eigenvalue weighted by atomic mass is 9.86. The number of carbonyl (C=O) groups excluding carboxylic acids is 2. The van der Waals surface area contributed by atoms with Gasteiger partial charge in [-0.05, 0) is 24.8 Å². The van der Waals surface area contributed by atoms with Crippen LogP contribution in [0.3, 0.4) is 0 Å². The number of hydrogen-bond acceptors (Lipinski definition) is 4. The van der Waals surface area contributed by atoms with Crippen molar-refractivity contribution < 1.29 is 14.5 Å². The lowest BCUT2D eigenvalue weighted by molar-refractivity contribution is -0.384. The van der Waals surface area contributed by atoms with Crippen molar-refractivity contribution in [1.29, 1.82) is 0 Å². The molecule has 1 saturated carbocycles. The van der Waals surface area contributed by atoms with E-state index in [1.807, 2.05) is 0 Å². The van der Waals surface area contributed by atoms with Gasteiger partial charge in [-0.1, -0.05) is 25.8 Å². The normalized spacial score (nSPS) is 20.6. The summed E-state index contributed by atoms with van der Waals surface area (Å²) in [5, 5.41) is 16.1. The van der Waals surface area contributed by atoms with Crippen LogP contribution in [0.15, 0.2) is 24.3 Å². The van der Waals surface area contributed by atoms with Crippen molar-refractivity contribution in [3.63, 3.8) is 0 Å². The Labute approximate surface area is 134 Å². The first kappa shape index (κ1) is 16.9. The number of amides is 2. The van der Waals surface area contributed by atoms with Crippen molar-refractivity contribution in [2.45, 2.75) is 38.6 Å². The zero-order chi connectivity index (χ0) is 16.8. The van der Waals surface area contributed by atoms with Gasteiger partial charge in [0.2, 0.25) is 5.91 Å². The summed E-state index contributed by atoms with van der Waals surface area (Å²) in [5.41, 5.74) is 0.0103. The summed E-state index contributed by atoms with van der Waals surface area (Å²) in [6, 6.07) is 5.58. The third-order valence-electron chi connectivity index (χ3n) is 4.19. The molecular formula is C16H21N3O4. The minimum atomic E-state index is -0.562. The second kappa shape index (κ2) is 7.71. The first-order chi connectivity index (χ1) is 11.0. The molecule has 1 aromatic rings. The third-order valence-corrected chi connectivity index (χ3v) is 4.19. The zero-order valence-electron chi connectivity index (χ0n) is 13.1. The van der Waals surface area contributed by atoms with E-state index in [0.717, 1.165) is 19.3 Å². The van der Waals surface area contributed by atoms with Gasteiger partial charge in [0.1, 0.15) is 0 Å². The Morgan fingerprint density at radius 1 is 1.30 bits per heavy atom. The maximum absolute atomic E-state index is 12.0. The molecule has 1 fully saturated rings. The van der Waals surface area contributed by atoms with Crippen LogP contribution < -0.4 is 10.6 Å². The van der Waals surface area contributed by atoms with Crippen LogP contribution in [-0.4, -0.2) is 29.3 Å².